The summed E-state index contributed by atoms with van der Waals surface area (Å²) in [6.45, 7) is 12.1. The number of nitrogens with zero attached hydrogens (tertiary/aromatic N) is 2. The van der Waals surface area contributed by atoms with Crippen molar-refractivity contribution in [2.45, 2.75) is 47.1 Å². The first-order valence-corrected chi connectivity index (χ1v) is 5.22. The topological polar surface area (TPSA) is 16.8 Å². The molecule has 0 radical (unpaired) electrons. The van der Waals surface area contributed by atoms with Crippen molar-refractivity contribution in [3.63, 3.8) is 0 Å². The number of hydrogen-bond donors (Lipinski definition) is 0. The molecule has 0 aliphatic carbocycles. The molecule has 0 saturated carbocycles. The van der Waals surface area contributed by atoms with Crippen LogP contribution in [0.2, 0.25) is 0 Å². The first kappa shape index (κ1) is 11.2. The molecule has 0 N–H and O–H groups in total. The standard InChI is InChI=1S/C12H21N2/c1-10(2)11-6-13-9-14(7-11)8-12(3,4)5/h6-7,9-10H,8H2,1-5H3/q+1. The fraction of sp³-hybridized carbons (Fsp3) is 0.667. The Morgan fingerprint density at radius 1 is 1.36 bits per heavy atom. The van der Waals surface area contributed by atoms with Crippen LogP contribution in [0.15, 0.2) is 18.7 Å². The van der Waals surface area contributed by atoms with Gasteiger partial charge < -0.3 is 0 Å². The highest BCUT2D eigenvalue weighted by molar-refractivity contribution is 5.04. The highest BCUT2D eigenvalue weighted by Gasteiger charge is 2.15. The van der Waals surface area contributed by atoms with Gasteiger partial charge >= 0.3 is 0 Å². The van der Waals surface area contributed by atoms with Gasteiger partial charge in [0.25, 0.3) is 6.33 Å². The summed E-state index contributed by atoms with van der Waals surface area (Å²) in [7, 11) is 0. The lowest BCUT2D eigenvalue weighted by molar-refractivity contribution is -0.711. The fourth-order valence-electron chi connectivity index (χ4n) is 1.40. The molecular weight excluding hydrogens is 172 g/mol. The summed E-state index contributed by atoms with van der Waals surface area (Å²) < 4.78 is 2.18. The lowest BCUT2D eigenvalue weighted by atomic mass is 9.97. The van der Waals surface area contributed by atoms with Crippen molar-refractivity contribution in [2.75, 3.05) is 0 Å². The predicted octanol–water partition coefficient (Wildman–Crippen LogP) is 2.54. The Morgan fingerprint density at radius 3 is 2.50 bits per heavy atom. The summed E-state index contributed by atoms with van der Waals surface area (Å²) in [6, 6.07) is 0. The zero-order valence-corrected chi connectivity index (χ0v) is 9.91. The summed E-state index contributed by atoms with van der Waals surface area (Å²) in [5.41, 5.74) is 1.61. The molecule has 0 aliphatic heterocycles. The minimum Gasteiger partial charge on any atom is -0.236 e. The Balaban J connectivity index is 2.84. The Bertz CT molecular complexity index is 297. The van der Waals surface area contributed by atoms with Crippen molar-refractivity contribution in [3.8, 4) is 0 Å². The average Bonchev–Trinajstić information content (AvgIpc) is 2.01. The van der Waals surface area contributed by atoms with E-state index in [1.54, 1.807) is 0 Å². The van der Waals surface area contributed by atoms with Crippen LogP contribution in [-0.4, -0.2) is 4.98 Å². The third-order valence-corrected chi connectivity index (χ3v) is 2.08. The van der Waals surface area contributed by atoms with Gasteiger partial charge in [-0.25, -0.2) is 4.57 Å². The Labute approximate surface area is 87.0 Å². The Kier molecular flexibility index (Phi) is 3.25. The maximum absolute atomic E-state index is 4.25. The molecule has 1 aromatic rings. The van der Waals surface area contributed by atoms with Gasteiger partial charge in [-0.05, 0) is 11.3 Å². The van der Waals surface area contributed by atoms with Crippen LogP contribution in [0.25, 0.3) is 0 Å². The average molecular weight is 193 g/mol. The number of hydrogen-bond acceptors (Lipinski definition) is 1. The van der Waals surface area contributed by atoms with Gasteiger partial charge in [-0.1, -0.05) is 39.6 Å². The predicted molar refractivity (Wildman–Crippen MR) is 58.0 cm³/mol. The molecule has 1 aromatic heterocycles. The van der Waals surface area contributed by atoms with Crippen molar-refractivity contribution in [3.05, 3.63) is 24.3 Å². The second-order valence-corrected chi connectivity index (χ2v) is 5.41. The van der Waals surface area contributed by atoms with Crippen LogP contribution >= 0.6 is 0 Å². The molecule has 0 atom stereocenters. The Hall–Kier alpha value is -0.920. The molecule has 78 valence electrons. The van der Waals surface area contributed by atoms with Gasteiger partial charge in [0, 0.05) is 5.56 Å². The van der Waals surface area contributed by atoms with Crippen LogP contribution < -0.4 is 4.57 Å². The fourth-order valence-corrected chi connectivity index (χ4v) is 1.40. The van der Waals surface area contributed by atoms with E-state index in [1.807, 2.05) is 12.5 Å². The lowest BCUT2D eigenvalue weighted by Crippen LogP contribution is -2.40. The van der Waals surface area contributed by atoms with Crippen molar-refractivity contribution in [1.82, 2.24) is 4.98 Å². The van der Waals surface area contributed by atoms with Gasteiger partial charge in [-0.15, -0.1) is 0 Å². The maximum atomic E-state index is 4.25. The monoisotopic (exact) mass is 193 g/mol. The van der Waals surface area contributed by atoms with Crippen LogP contribution in [0.3, 0.4) is 0 Å². The molecule has 0 spiro atoms. The molecule has 2 nitrogen and oxygen atoms in total. The second-order valence-electron chi connectivity index (χ2n) is 5.41. The molecular formula is C12H21N2+. The van der Waals surface area contributed by atoms with E-state index in [9.17, 15) is 0 Å². The van der Waals surface area contributed by atoms with E-state index in [-0.39, 0.29) is 0 Å². The van der Waals surface area contributed by atoms with Gasteiger partial charge in [-0.2, -0.15) is 0 Å². The van der Waals surface area contributed by atoms with Crippen molar-refractivity contribution < 1.29 is 4.57 Å². The van der Waals surface area contributed by atoms with E-state index in [2.05, 4.69) is 50.4 Å². The van der Waals surface area contributed by atoms with E-state index in [0.29, 0.717) is 11.3 Å². The first-order valence-electron chi connectivity index (χ1n) is 5.22. The molecule has 0 saturated heterocycles. The molecule has 1 heterocycles. The minimum atomic E-state index is 0.307. The van der Waals surface area contributed by atoms with Crippen LogP contribution in [0.1, 0.15) is 46.1 Å². The number of aromatic nitrogens is 2. The van der Waals surface area contributed by atoms with E-state index < -0.39 is 0 Å². The smallest absolute Gasteiger partial charge is 0.236 e. The van der Waals surface area contributed by atoms with E-state index >= 15 is 0 Å². The van der Waals surface area contributed by atoms with Crippen molar-refractivity contribution in [1.29, 1.82) is 0 Å². The molecule has 2 heteroatoms. The van der Waals surface area contributed by atoms with Gasteiger partial charge in [0.05, 0.1) is 12.7 Å². The summed E-state index contributed by atoms with van der Waals surface area (Å²) in [6.07, 6.45) is 6.05. The van der Waals surface area contributed by atoms with Gasteiger partial charge in [0.1, 0.15) is 6.20 Å². The van der Waals surface area contributed by atoms with Crippen molar-refractivity contribution >= 4 is 0 Å². The zero-order valence-electron chi connectivity index (χ0n) is 9.91. The lowest BCUT2D eigenvalue weighted by Gasteiger charge is -2.16. The molecule has 0 unspecified atom stereocenters. The normalized spacial score (nSPS) is 12.1. The van der Waals surface area contributed by atoms with Gasteiger partial charge in [0.2, 0.25) is 0 Å². The van der Waals surface area contributed by atoms with Crippen LogP contribution in [0, 0.1) is 5.41 Å². The molecule has 0 aromatic carbocycles. The third kappa shape index (κ3) is 3.44. The molecule has 1 rings (SSSR count). The summed E-state index contributed by atoms with van der Waals surface area (Å²) in [5.74, 6) is 0.551. The molecule has 0 fully saturated rings. The second kappa shape index (κ2) is 4.07. The summed E-state index contributed by atoms with van der Waals surface area (Å²) in [4.78, 5) is 4.25. The van der Waals surface area contributed by atoms with Crippen LogP contribution in [0.5, 0.6) is 0 Å². The quantitative estimate of drug-likeness (QED) is 0.660. The van der Waals surface area contributed by atoms with Crippen LogP contribution in [0.4, 0.5) is 0 Å². The van der Waals surface area contributed by atoms with Gasteiger partial charge in [0.15, 0.2) is 0 Å². The summed E-state index contributed by atoms with van der Waals surface area (Å²) >= 11 is 0. The third-order valence-electron chi connectivity index (χ3n) is 2.08. The molecule has 0 aliphatic rings. The van der Waals surface area contributed by atoms with Crippen molar-refractivity contribution in [2.24, 2.45) is 5.41 Å². The van der Waals surface area contributed by atoms with Gasteiger partial charge in [-0.3, -0.25) is 0 Å². The molecule has 0 bridgehead atoms. The van der Waals surface area contributed by atoms with E-state index in [4.69, 9.17) is 0 Å². The molecule has 14 heavy (non-hydrogen) atoms. The SMILES string of the molecule is CC(C)c1cnc[n+](CC(C)(C)C)c1. The Morgan fingerprint density at radius 2 is 2.00 bits per heavy atom. The highest BCUT2D eigenvalue weighted by atomic mass is 15.0. The maximum Gasteiger partial charge on any atom is 0.286 e. The first-order chi connectivity index (χ1) is 6.38. The zero-order chi connectivity index (χ0) is 10.8. The molecule has 0 amide bonds. The summed E-state index contributed by atoms with van der Waals surface area (Å²) in [5, 5.41) is 0. The largest absolute Gasteiger partial charge is 0.286 e. The van der Waals surface area contributed by atoms with E-state index in [1.165, 1.54) is 5.56 Å². The minimum absolute atomic E-state index is 0.307. The van der Waals surface area contributed by atoms with E-state index in [0.717, 1.165) is 6.54 Å². The highest BCUT2D eigenvalue weighted by Crippen LogP contribution is 2.13. The number of rotatable bonds is 2. The van der Waals surface area contributed by atoms with Crippen LogP contribution in [-0.2, 0) is 6.54 Å².